The van der Waals surface area contributed by atoms with E-state index in [4.69, 9.17) is 4.52 Å². The van der Waals surface area contributed by atoms with E-state index >= 15 is 0 Å². The molecule has 1 aliphatic heterocycles. The Morgan fingerprint density at radius 2 is 1.84 bits per heavy atom. The van der Waals surface area contributed by atoms with E-state index in [1.54, 1.807) is 18.2 Å². The van der Waals surface area contributed by atoms with Gasteiger partial charge in [-0.25, -0.2) is 8.42 Å². The number of anilines is 1. The van der Waals surface area contributed by atoms with Crippen LogP contribution in [0.2, 0.25) is 0 Å². The maximum atomic E-state index is 12.9. The topological polar surface area (TPSA) is 92.5 Å². The highest BCUT2D eigenvalue weighted by molar-refractivity contribution is 7.89. The molecule has 1 saturated heterocycles. The summed E-state index contributed by atoms with van der Waals surface area (Å²) in [7, 11) is -3.53. The number of nitrogens with one attached hydrogen (secondary N) is 1. The lowest BCUT2D eigenvalue weighted by Gasteiger charge is -2.30. The molecule has 1 amide bonds. The zero-order chi connectivity index (χ0) is 22.0. The van der Waals surface area contributed by atoms with Gasteiger partial charge in [0.25, 0.3) is 5.91 Å². The molecule has 1 unspecified atom stereocenters. The van der Waals surface area contributed by atoms with Crippen molar-refractivity contribution in [1.82, 2.24) is 9.46 Å². The molecule has 1 aromatic heterocycles. The maximum absolute atomic E-state index is 12.9. The molecule has 7 nitrogen and oxygen atoms in total. The minimum atomic E-state index is -3.53. The van der Waals surface area contributed by atoms with Gasteiger partial charge in [-0.2, -0.15) is 4.31 Å². The molecule has 0 spiro atoms. The largest absolute Gasteiger partial charge is 0.355 e. The van der Waals surface area contributed by atoms with Crippen molar-refractivity contribution in [2.75, 3.05) is 18.4 Å². The Morgan fingerprint density at radius 3 is 2.52 bits per heavy atom. The van der Waals surface area contributed by atoms with Crippen molar-refractivity contribution in [3.8, 4) is 11.3 Å². The Balaban J connectivity index is 1.44. The number of hydrogen-bond acceptors (Lipinski definition) is 5. The van der Waals surface area contributed by atoms with Crippen LogP contribution < -0.4 is 5.32 Å². The number of aromatic nitrogens is 1. The van der Waals surface area contributed by atoms with Gasteiger partial charge in [-0.1, -0.05) is 41.9 Å². The Hall–Kier alpha value is -2.97. The third-order valence-electron chi connectivity index (χ3n) is 5.45. The van der Waals surface area contributed by atoms with Gasteiger partial charge >= 0.3 is 0 Å². The number of nitrogens with zero attached hydrogens (tertiary/aromatic N) is 2. The van der Waals surface area contributed by atoms with Crippen LogP contribution in [0.3, 0.4) is 0 Å². The van der Waals surface area contributed by atoms with Crippen molar-refractivity contribution in [1.29, 1.82) is 0 Å². The summed E-state index contributed by atoms with van der Waals surface area (Å²) < 4.78 is 32.6. The zero-order valence-corrected chi connectivity index (χ0v) is 18.4. The first-order valence-corrected chi connectivity index (χ1v) is 11.7. The molecule has 1 atom stereocenters. The molecule has 31 heavy (non-hydrogen) atoms. The zero-order valence-electron chi connectivity index (χ0n) is 17.5. The second-order valence-electron chi connectivity index (χ2n) is 8.03. The average molecular weight is 440 g/mol. The summed E-state index contributed by atoms with van der Waals surface area (Å²) in [4.78, 5) is 12.7. The van der Waals surface area contributed by atoms with Crippen LogP contribution >= 0.6 is 0 Å². The Labute approximate surface area is 182 Å². The summed E-state index contributed by atoms with van der Waals surface area (Å²) in [6, 6.07) is 15.5. The lowest BCUT2D eigenvalue weighted by molar-refractivity contribution is 0.101. The van der Waals surface area contributed by atoms with Gasteiger partial charge in [0.1, 0.15) is 0 Å². The second-order valence-corrected chi connectivity index (χ2v) is 9.97. The first kappa shape index (κ1) is 21.3. The van der Waals surface area contributed by atoms with Crippen LogP contribution in [0.1, 0.15) is 35.8 Å². The Bertz CT molecular complexity index is 1170. The number of aryl methyl sites for hydroxylation is 1. The van der Waals surface area contributed by atoms with E-state index < -0.39 is 15.9 Å². The van der Waals surface area contributed by atoms with E-state index in [9.17, 15) is 13.2 Å². The highest BCUT2D eigenvalue weighted by Gasteiger charge is 2.28. The molecule has 0 saturated carbocycles. The predicted octanol–water partition coefficient (Wildman–Crippen LogP) is 4.32. The molecule has 1 fully saturated rings. The average Bonchev–Trinajstić information content (AvgIpc) is 3.25. The number of carbonyl (C=O) groups excluding carboxylic acids is 1. The summed E-state index contributed by atoms with van der Waals surface area (Å²) in [6.45, 7) is 5.14. The molecule has 8 heteroatoms. The molecular formula is C23H25N3O4S. The molecule has 3 aromatic rings. The summed E-state index contributed by atoms with van der Waals surface area (Å²) >= 11 is 0. The second kappa shape index (κ2) is 8.64. The molecule has 2 heterocycles. The number of amides is 1. The summed E-state index contributed by atoms with van der Waals surface area (Å²) in [6.07, 6.45) is 1.92. The third kappa shape index (κ3) is 4.70. The fourth-order valence-corrected chi connectivity index (χ4v) is 5.25. The molecule has 2 aromatic carbocycles. The molecule has 4 rings (SSSR count). The number of piperidine rings is 1. The van der Waals surface area contributed by atoms with Gasteiger partial charge in [0.2, 0.25) is 10.0 Å². The van der Waals surface area contributed by atoms with Gasteiger partial charge in [-0.3, -0.25) is 4.79 Å². The lowest BCUT2D eigenvalue weighted by atomic mass is 10.0. The molecule has 1 aliphatic rings. The van der Waals surface area contributed by atoms with E-state index in [0.29, 0.717) is 30.5 Å². The Morgan fingerprint density at radius 1 is 1.13 bits per heavy atom. The van der Waals surface area contributed by atoms with Crippen molar-refractivity contribution in [2.45, 2.75) is 31.6 Å². The van der Waals surface area contributed by atoms with Crippen molar-refractivity contribution >= 4 is 21.6 Å². The van der Waals surface area contributed by atoms with Crippen LogP contribution in [0.25, 0.3) is 11.3 Å². The van der Waals surface area contributed by atoms with Gasteiger partial charge < -0.3 is 9.84 Å². The van der Waals surface area contributed by atoms with Gasteiger partial charge in [-0.15, -0.1) is 0 Å². The molecule has 0 aliphatic carbocycles. The summed E-state index contributed by atoms with van der Waals surface area (Å²) in [5.74, 6) is 0.430. The van der Waals surface area contributed by atoms with Gasteiger partial charge in [0.05, 0.1) is 4.90 Å². The predicted molar refractivity (Wildman–Crippen MR) is 118 cm³/mol. The van der Waals surface area contributed by atoms with Gasteiger partial charge in [0, 0.05) is 30.4 Å². The molecule has 0 bridgehead atoms. The molecule has 0 radical (unpaired) electrons. The van der Waals surface area contributed by atoms with Crippen LogP contribution in [0, 0.1) is 12.8 Å². The molecular weight excluding hydrogens is 414 g/mol. The van der Waals surface area contributed by atoms with Crippen molar-refractivity contribution in [2.24, 2.45) is 5.92 Å². The molecule has 1 N–H and O–H groups in total. The maximum Gasteiger partial charge on any atom is 0.277 e. The standard InChI is InChI=1S/C23H25N3O4S/c1-16-5-7-18(8-6-16)22-14-21(25-30-22)23(27)24-19-9-11-20(12-10-19)31(28,29)26-13-3-4-17(2)15-26/h5-12,14,17H,3-4,13,15H2,1-2H3,(H,24,27). The van der Waals surface area contributed by atoms with Crippen molar-refractivity contribution in [3.63, 3.8) is 0 Å². The lowest BCUT2D eigenvalue weighted by Crippen LogP contribution is -2.39. The van der Waals surface area contributed by atoms with Crippen LogP contribution in [0.5, 0.6) is 0 Å². The summed E-state index contributed by atoms with van der Waals surface area (Å²) in [5, 5.41) is 6.57. The monoisotopic (exact) mass is 439 g/mol. The first-order chi connectivity index (χ1) is 14.8. The quantitative estimate of drug-likeness (QED) is 0.639. The fourth-order valence-electron chi connectivity index (χ4n) is 3.66. The minimum absolute atomic E-state index is 0.148. The van der Waals surface area contributed by atoms with Crippen LogP contribution in [0.15, 0.2) is 64.0 Å². The minimum Gasteiger partial charge on any atom is -0.355 e. The third-order valence-corrected chi connectivity index (χ3v) is 7.33. The van der Waals surface area contributed by atoms with Crippen LogP contribution in [-0.4, -0.2) is 36.9 Å². The highest BCUT2D eigenvalue weighted by Crippen LogP contribution is 2.25. The fraction of sp³-hybridized carbons (Fsp3) is 0.304. The first-order valence-electron chi connectivity index (χ1n) is 10.3. The van der Waals surface area contributed by atoms with E-state index in [1.807, 2.05) is 31.2 Å². The van der Waals surface area contributed by atoms with Gasteiger partial charge in [0.15, 0.2) is 11.5 Å². The molecule has 162 valence electrons. The summed E-state index contributed by atoms with van der Waals surface area (Å²) in [5.41, 5.74) is 2.59. The number of sulfonamides is 1. The van der Waals surface area contributed by atoms with Crippen molar-refractivity contribution < 1.29 is 17.7 Å². The van der Waals surface area contributed by atoms with Crippen LogP contribution in [0.4, 0.5) is 5.69 Å². The van der Waals surface area contributed by atoms with E-state index in [-0.39, 0.29) is 10.6 Å². The normalized spacial score (nSPS) is 17.4. The van der Waals surface area contributed by atoms with E-state index in [0.717, 1.165) is 24.0 Å². The van der Waals surface area contributed by atoms with E-state index in [1.165, 1.54) is 16.4 Å². The number of hydrogen-bond donors (Lipinski definition) is 1. The number of rotatable bonds is 5. The van der Waals surface area contributed by atoms with Crippen molar-refractivity contribution in [3.05, 3.63) is 65.9 Å². The van der Waals surface area contributed by atoms with Crippen LogP contribution in [-0.2, 0) is 10.0 Å². The smallest absolute Gasteiger partial charge is 0.277 e. The van der Waals surface area contributed by atoms with E-state index in [2.05, 4.69) is 17.4 Å². The number of benzene rings is 2. The Kier molecular flexibility index (Phi) is 5.93. The SMILES string of the molecule is Cc1ccc(-c2cc(C(=O)Nc3ccc(S(=O)(=O)N4CCCC(C)C4)cc3)no2)cc1. The van der Waals surface area contributed by atoms with Gasteiger partial charge in [-0.05, 0) is 49.9 Å². The number of carbonyl (C=O) groups is 1. The highest BCUT2D eigenvalue weighted by atomic mass is 32.2.